The monoisotopic (exact) mass is 225 g/mol. The van der Waals surface area contributed by atoms with Crippen LogP contribution in [0.4, 0.5) is 0 Å². The van der Waals surface area contributed by atoms with E-state index in [-0.39, 0.29) is 0 Å². The van der Waals surface area contributed by atoms with Crippen molar-refractivity contribution in [3.63, 3.8) is 0 Å². The van der Waals surface area contributed by atoms with E-state index >= 15 is 0 Å². The fourth-order valence-electron chi connectivity index (χ4n) is 2.05. The van der Waals surface area contributed by atoms with Crippen molar-refractivity contribution in [3.8, 4) is 0 Å². The Morgan fingerprint density at radius 2 is 2.40 bits per heavy atom. The summed E-state index contributed by atoms with van der Waals surface area (Å²) in [4.78, 5) is 1.43. The molecule has 0 atom stereocenters. The third-order valence-electron chi connectivity index (χ3n) is 2.97. The minimum atomic E-state index is 0.531. The zero-order valence-corrected chi connectivity index (χ0v) is 10.1. The molecule has 84 valence electrons. The number of rotatable bonds is 6. The molecule has 0 saturated heterocycles. The van der Waals surface area contributed by atoms with Gasteiger partial charge >= 0.3 is 0 Å². The SMILES string of the molecule is CNCC1CC(OCCc2cccs2)C1. The molecule has 15 heavy (non-hydrogen) atoms. The highest BCUT2D eigenvalue weighted by Crippen LogP contribution is 2.29. The van der Waals surface area contributed by atoms with Crippen LogP contribution < -0.4 is 5.32 Å². The van der Waals surface area contributed by atoms with Gasteiger partial charge in [0.1, 0.15) is 0 Å². The van der Waals surface area contributed by atoms with Crippen molar-refractivity contribution in [2.45, 2.75) is 25.4 Å². The first-order valence-electron chi connectivity index (χ1n) is 5.67. The molecular formula is C12H19NOS. The highest BCUT2D eigenvalue weighted by atomic mass is 32.1. The first kappa shape index (κ1) is 11.1. The summed E-state index contributed by atoms with van der Waals surface area (Å²) in [7, 11) is 2.02. The minimum Gasteiger partial charge on any atom is -0.378 e. The summed E-state index contributed by atoms with van der Waals surface area (Å²) in [5.41, 5.74) is 0. The Kier molecular flexibility index (Phi) is 4.18. The number of thiophene rings is 1. The molecule has 0 radical (unpaired) electrons. The van der Waals surface area contributed by atoms with Crippen LogP contribution in [-0.4, -0.2) is 26.3 Å². The first-order chi connectivity index (χ1) is 7.38. The normalized spacial score (nSPS) is 25.1. The standard InChI is InChI=1S/C12H19NOS/c1-13-9-10-7-11(8-10)14-5-4-12-3-2-6-15-12/h2-3,6,10-11,13H,4-5,7-9H2,1H3. The Bertz CT molecular complexity index is 267. The minimum absolute atomic E-state index is 0.531. The largest absolute Gasteiger partial charge is 0.378 e. The van der Waals surface area contributed by atoms with Crippen molar-refractivity contribution in [3.05, 3.63) is 22.4 Å². The van der Waals surface area contributed by atoms with Crippen LogP contribution in [0.2, 0.25) is 0 Å². The van der Waals surface area contributed by atoms with E-state index in [9.17, 15) is 0 Å². The van der Waals surface area contributed by atoms with E-state index in [0.717, 1.165) is 25.5 Å². The van der Waals surface area contributed by atoms with Gasteiger partial charge in [0, 0.05) is 11.3 Å². The van der Waals surface area contributed by atoms with Crippen LogP contribution in [0.15, 0.2) is 17.5 Å². The smallest absolute Gasteiger partial charge is 0.0581 e. The molecule has 0 aliphatic heterocycles. The summed E-state index contributed by atoms with van der Waals surface area (Å²) in [5, 5.41) is 5.34. The second kappa shape index (κ2) is 5.64. The van der Waals surface area contributed by atoms with Crippen LogP contribution in [0.3, 0.4) is 0 Å². The fraction of sp³-hybridized carbons (Fsp3) is 0.667. The zero-order chi connectivity index (χ0) is 10.5. The van der Waals surface area contributed by atoms with E-state index < -0.39 is 0 Å². The van der Waals surface area contributed by atoms with Gasteiger partial charge in [-0.15, -0.1) is 11.3 Å². The molecule has 2 nitrogen and oxygen atoms in total. The number of hydrogen-bond donors (Lipinski definition) is 1. The van der Waals surface area contributed by atoms with Gasteiger partial charge in [-0.05, 0) is 43.8 Å². The van der Waals surface area contributed by atoms with Crippen molar-refractivity contribution < 1.29 is 4.74 Å². The fourth-order valence-corrected chi connectivity index (χ4v) is 2.74. The van der Waals surface area contributed by atoms with Crippen LogP contribution >= 0.6 is 11.3 Å². The summed E-state index contributed by atoms with van der Waals surface area (Å²) >= 11 is 1.82. The lowest BCUT2D eigenvalue weighted by Crippen LogP contribution is -2.37. The first-order valence-corrected chi connectivity index (χ1v) is 6.55. The summed E-state index contributed by atoms with van der Waals surface area (Å²) in [6, 6.07) is 4.28. The molecule has 0 spiro atoms. The maximum Gasteiger partial charge on any atom is 0.0581 e. The molecule has 0 unspecified atom stereocenters. The quantitative estimate of drug-likeness (QED) is 0.802. The molecule has 0 bridgehead atoms. The molecule has 1 fully saturated rings. The molecule has 1 N–H and O–H groups in total. The molecule has 1 aromatic heterocycles. The summed E-state index contributed by atoms with van der Waals surface area (Å²) < 4.78 is 5.81. The molecule has 0 amide bonds. The molecule has 1 aliphatic rings. The molecule has 3 heteroatoms. The Balaban J connectivity index is 1.53. The number of nitrogens with one attached hydrogen (secondary N) is 1. The lowest BCUT2D eigenvalue weighted by atomic mass is 9.82. The number of hydrogen-bond acceptors (Lipinski definition) is 3. The Morgan fingerprint density at radius 3 is 3.07 bits per heavy atom. The highest BCUT2D eigenvalue weighted by molar-refractivity contribution is 7.09. The maximum absolute atomic E-state index is 5.81. The van der Waals surface area contributed by atoms with E-state index in [1.807, 2.05) is 18.4 Å². The van der Waals surface area contributed by atoms with Gasteiger partial charge in [0.2, 0.25) is 0 Å². The summed E-state index contributed by atoms with van der Waals surface area (Å²) in [6.07, 6.45) is 4.09. The molecule has 1 aliphatic carbocycles. The summed E-state index contributed by atoms with van der Waals surface area (Å²) in [6.45, 7) is 2.03. The molecule has 2 rings (SSSR count). The molecular weight excluding hydrogens is 206 g/mol. The van der Waals surface area contributed by atoms with Crippen molar-refractivity contribution in [1.29, 1.82) is 0 Å². The maximum atomic E-state index is 5.81. The van der Waals surface area contributed by atoms with Gasteiger partial charge in [-0.3, -0.25) is 0 Å². The van der Waals surface area contributed by atoms with E-state index in [2.05, 4.69) is 22.8 Å². The van der Waals surface area contributed by atoms with Crippen molar-refractivity contribution >= 4 is 11.3 Å². The highest BCUT2D eigenvalue weighted by Gasteiger charge is 2.28. The Hall–Kier alpha value is -0.380. The van der Waals surface area contributed by atoms with Gasteiger partial charge in [0.05, 0.1) is 12.7 Å². The third kappa shape index (κ3) is 3.30. The zero-order valence-electron chi connectivity index (χ0n) is 9.24. The Morgan fingerprint density at radius 1 is 1.53 bits per heavy atom. The van der Waals surface area contributed by atoms with Crippen LogP contribution in [0.25, 0.3) is 0 Å². The van der Waals surface area contributed by atoms with Crippen LogP contribution in [0.5, 0.6) is 0 Å². The third-order valence-corrected chi connectivity index (χ3v) is 3.90. The van der Waals surface area contributed by atoms with Gasteiger partial charge in [-0.2, -0.15) is 0 Å². The van der Waals surface area contributed by atoms with Crippen LogP contribution in [0, 0.1) is 5.92 Å². The average Bonchev–Trinajstić information content (AvgIpc) is 2.66. The van der Waals surface area contributed by atoms with E-state index in [4.69, 9.17) is 4.74 Å². The second-order valence-corrected chi connectivity index (χ2v) is 5.25. The lowest BCUT2D eigenvalue weighted by Gasteiger charge is -2.35. The number of ether oxygens (including phenoxy) is 1. The van der Waals surface area contributed by atoms with Gasteiger partial charge < -0.3 is 10.1 Å². The van der Waals surface area contributed by atoms with Crippen molar-refractivity contribution in [2.75, 3.05) is 20.2 Å². The Labute approximate surface area is 95.6 Å². The average molecular weight is 225 g/mol. The van der Waals surface area contributed by atoms with E-state index in [1.165, 1.54) is 17.7 Å². The van der Waals surface area contributed by atoms with Crippen molar-refractivity contribution in [1.82, 2.24) is 5.32 Å². The topological polar surface area (TPSA) is 21.3 Å². The molecule has 1 heterocycles. The van der Waals surface area contributed by atoms with E-state index in [0.29, 0.717) is 6.10 Å². The molecule has 1 saturated carbocycles. The van der Waals surface area contributed by atoms with Crippen molar-refractivity contribution in [2.24, 2.45) is 5.92 Å². The molecule has 1 aromatic rings. The predicted molar refractivity (Wildman–Crippen MR) is 64.4 cm³/mol. The summed E-state index contributed by atoms with van der Waals surface area (Å²) in [5.74, 6) is 0.849. The molecule has 0 aromatic carbocycles. The van der Waals surface area contributed by atoms with Gasteiger partial charge in [-0.25, -0.2) is 0 Å². The lowest BCUT2D eigenvalue weighted by molar-refractivity contribution is -0.0278. The van der Waals surface area contributed by atoms with E-state index in [1.54, 1.807) is 0 Å². The van der Waals surface area contributed by atoms with Gasteiger partial charge in [-0.1, -0.05) is 6.07 Å². The van der Waals surface area contributed by atoms with Gasteiger partial charge in [0.25, 0.3) is 0 Å². The van der Waals surface area contributed by atoms with Crippen LogP contribution in [-0.2, 0) is 11.2 Å². The van der Waals surface area contributed by atoms with Gasteiger partial charge in [0.15, 0.2) is 0 Å². The predicted octanol–water partition coefficient (Wildman–Crippen LogP) is 2.31. The van der Waals surface area contributed by atoms with Crippen LogP contribution in [0.1, 0.15) is 17.7 Å². The second-order valence-electron chi connectivity index (χ2n) is 4.22.